The number of primary amides is 1. The fourth-order valence-corrected chi connectivity index (χ4v) is 2.16. The molecule has 0 saturated carbocycles. The van der Waals surface area contributed by atoms with Crippen LogP contribution in [-0.2, 0) is 4.79 Å². The van der Waals surface area contributed by atoms with Crippen LogP contribution >= 0.6 is 11.6 Å². The summed E-state index contributed by atoms with van der Waals surface area (Å²) in [5.41, 5.74) is 10.6. The highest BCUT2D eigenvalue weighted by atomic mass is 35.5. The van der Waals surface area contributed by atoms with Gasteiger partial charge in [0.2, 0.25) is 0 Å². The van der Waals surface area contributed by atoms with Crippen molar-refractivity contribution in [1.82, 2.24) is 5.32 Å². The van der Waals surface area contributed by atoms with Gasteiger partial charge in [-0.1, -0.05) is 25.4 Å². The molecule has 1 aromatic carbocycles. The summed E-state index contributed by atoms with van der Waals surface area (Å²) < 4.78 is 10.4. The number of nitrogens with two attached hydrogens (primary N) is 2. The molecule has 0 aliphatic carbocycles. The maximum absolute atomic E-state index is 12.5. The first-order chi connectivity index (χ1) is 11.1. The molecule has 1 aromatic rings. The van der Waals surface area contributed by atoms with Gasteiger partial charge in [0.25, 0.3) is 11.8 Å². The van der Waals surface area contributed by atoms with Crippen LogP contribution in [-0.4, -0.2) is 37.6 Å². The zero-order chi connectivity index (χ0) is 18.5. The number of halogens is 1. The number of hydrogen-bond donors (Lipinski definition) is 3. The van der Waals surface area contributed by atoms with E-state index in [2.05, 4.69) is 5.32 Å². The van der Waals surface area contributed by atoms with E-state index < -0.39 is 11.4 Å². The standard InChI is InChI=1S/C16H24ClN3O4/c1-9(2)16(3,8-18)20-15(22)10-5-11(17)14(12(6-10)23-4)24-7-13(19)21/h5-6,9H,7-8,18H2,1-4H3,(H2,19,21)(H,20,22). The number of rotatable bonds is 8. The average Bonchev–Trinajstić information content (AvgIpc) is 2.52. The molecule has 7 nitrogen and oxygen atoms in total. The lowest BCUT2D eigenvalue weighted by Gasteiger charge is -2.33. The number of methoxy groups -OCH3 is 1. The van der Waals surface area contributed by atoms with Gasteiger partial charge >= 0.3 is 0 Å². The van der Waals surface area contributed by atoms with E-state index in [0.717, 1.165) is 0 Å². The van der Waals surface area contributed by atoms with Gasteiger partial charge in [0.15, 0.2) is 18.1 Å². The third kappa shape index (κ3) is 4.75. The molecule has 0 saturated heterocycles. The van der Waals surface area contributed by atoms with E-state index in [1.54, 1.807) is 0 Å². The monoisotopic (exact) mass is 357 g/mol. The van der Waals surface area contributed by atoms with E-state index in [-0.39, 0.29) is 35.0 Å². The first kappa shape index (κ1) is 20.1. The van der Waals surface area contributed by atoms with Crippen LogP contribution in [0.25, 0.3) is 0 Å². The topological polar surface area (TPSA) is 117 Å². The Morgan fingerprint density at radius 2 is 2.00 bits per heavy atom. The molecule has 2 amide bonds. The Labute approximate surface area is 146 Å². The molecule has 0 spiro atoms. The van der Waals surface area contributed by atoms with Crippen molar-refractivity contribution in [3.8, 4) is 11.5 Å². The number of benzene rings is 1. The van der Waals surface area contributed by atoms with Crippen LogP contribution in [0.2, 0.25) is 5.02 Å². The molecular weight excluding hydrogens is 334 g/mol. The molecule has 1 rings (SSSR count). The van der Waals surface area contributed by atoms with Gasteiger partial charge in [-0.3, -0.25) is 9.59 Å². The maximum Gasteiger partial charge on any atom is 0.255 e. The minimum atomic E-state index is -0.648. The summed E-state index contributed by atoms with van der Waals surface area (Å²) in [5.74, 6) is -0.460. The van der Waals surface area contributed by atoms with Gasteiger partial charge < -0.3 is 26.3 Å². The number of carbonyl (C=O) groups excluding carboxylic acids is 2. The molecule has 0 heterocycles. The van der Waals surface area contributed by atoms with Crippen molar-refractivity contribution in [2.24, 2.45) is 17.4 Å². The molecule has 5 N–H and O–H groups in total. The lowest BCUT2D eigenvalue weighted by atomic mass is 9.88. The van der Waals surface area contributed by atoms with Crippen molar-refractivity contribution in [2.45, 2.75) is 26.3 Å². The fourth-order valence-electron chi connectivity index (χ4n) is 1.90. The zero-order valence-corrected chi connectivity index (χ0v) is 15.1. The van der Waals surface area contributed by atoms with Gasteiger partial charge in [-0.15, -0.1) is 0 Å². The van der Waals surface area contributed by atoms with Crippen molar-refractivity contribution in [1.29, 1.82) is 0 Å². The first-order valence-electron chi connectivity index (χ1n) is 7.45. The van der Waals surface area contributed by atoms with Crippen LogP contribution in [0.3, 0.4) is 0 Å². The molecular formula is C16H24ClN3O4. The largest absolute Gasteiger partial charge is 0.493 e. The van der Waals surface area contributed by atoms with Crippen LogP contribution in [0.4, 0.5) is 0 Å². The Bertz CT molecular complexity index is 622. The minimum absolute atomic E-state index is 0.139. The van der Waals surface area contributed by atoms with Crippen LogP contribution in [0, 0.1) is 5.92 Å². The van der Waals surface area contributed by atoms with Crippen LogP contribution in [0.15, 0.2) is 12.1 Å². The molecule has 1 atom stereocenters. The van der Waals surface area contributed by atoms with E-state index in [4.69, 9.17) is 32.5 Å². The summed E-state index contributed by atoms with van der Waals surface area (Å²) in [6.07, 6.45) is 0. The first-order valence-corrected chi connectivity index (χ1v) is 7.83. The molecule has 0 bridgehead atoms. The molecule has 0 radical (unpaired) electrons. The van der Waals surface area contributed by atoms with Crippen LogP contribution < -0.4 is 26.3 Å². The van der Waals surface area contributed by atoms with Crippen molar-refractivity contribution in [3.63, 3.8) is 0 Å². The number of ether oxygens (including phenoxy) is 2. The van der Waals surface area contributed by atoms with Gasteiger partial charge in [-0.05, 0) is 25.0 Å². The Kier molecular flexibility index (Phi) is 6.86. The zero-order valence-electron chi connectivity index (χ0n) is 14.3. The summed E-state index contributed by atoms with van der Waals surface area (Å²) >= 11 is 6.15. The number of amides is 2. The fraction of sp³-hybridized carbons (Fsp3) is 0.500. The van der Waals surface area contributed by atoms with Gasteiger partial charge in [0.1, 0.15) is 0 Å². The van der Waals surface area contributed by atoms with Gasteiger partial charge in [0.05, 0.1) is 17.7 Å². The normalized spacial score (nSPS) is 13.3. The highest BCUT2D eigenvalue weighted by molar-refractivity contribution is 6.32. The molecule has 134 valence electrons. The van der Waals surface area contributed by atoms with E-state index in [9.17, 15) is 9.59 Å². The summed E-state index contributed by atoms with van der Waals surface area (Å²) in [7, 11) is 1.41. The lowest BCUT2D eigenvalue weighted by Crippen LogP contribution is -2.55. The second-order valence-corrected chi connectivity index (χ2v) is 6.38. The van der Waals surface area contributed by atoms with Crippen molar-refractivity contribution < 1.29 is 19.1 Å². The smallest absolute Gasteiger partial charge is 0.255 e. The SMILES string of the molecule is COc1cc(C(=O)NC(C)(CN)C(C)C)cc(Cl)c1OCC(N)=O. The molecule has 1 unspecified atom stereocenters. The highest BCUT2D eigenvalue weighted by Gasteiger charge is 2.29. The van der Waals surface area contributed by atoms with Crippen molar-refractivity contribution in [2.75, 3.05) is 20.3 Å². The quantitative estimate of drug-likeness (QED) is 0.648. The van der Waals surface area contributed by atoms with Gasteiger partial charge in [0, 0.05) is 12.1 Å². The molecule has 0 aliphatic heterocycles. The van der Waals surface area contributed by atoms with E-state index >= 15 is 0 Å². The van der Waals surface area contributed by atoms with Gasteiger partial charge in [-0.25, -0.2) is 0 Å². The average molecular weight is 358 g/mol. The third-order valence-corrected chi connectivity index (χ3v) is 4.23. The molecule has 0 fully saturated rings. The van der Waals surface area contributed by atoms with Crippen LogP contribution in [0.5, 0.6) is 11.5 Å². The summed E-state index contributed by atoms with van der Waals surface area (Å²) in [5, 5.41) is 3.05. The van der Waals surface area contributed by atoms with Crippen LogP contribution in [0.1, 0.15) is 31.1 Å². The number of carbonyl (C=O) groups is 2. The summed E-state index contributed by atoms with van der Waals surface area (Å²) in [6, 6.07) is 2.92. The second-order valence-electron chi connectivity index (χ2n) is 5.97. The molecule has 8 heteroatoms. The Hall–Kier alpha value is -1.99. The molecule has 24 heavy (non-hydrogen) atoms. The Morgan fingerprint density at radius 3 is 2.46 bits per heavy atom. The Morgan fingerprint density at radius 1 is 1.38 bits per heavy atom. The van der Waals surface area contributed by atoms with E-state index in [1.807, 2.05) is 20.8 Å². The van der Waals surface area contributed by atoms with E-state index in [1.165, 1.54) is 19.2 Å². The predicted molar refractivity (Wildman–Crippen MR) is 92.5 cm³/mol. The predicted octanol–water partition coefficient (Wildman–Crippen LogP) is 1.32. The third-order valence-electron chi connectivity index (χ3n) is 3.95. The minimum Gasteiger partial charge on any atom is -0.493 e. The van der Waals surface area contributed by atoms with E-state index in [0.29, 0.717) is 12.1 Å². The maximum atomic E-state index is 12.5. The molecule has 0 aliphatic rings. The van der Waals surface area contributed by atoms with Gasteiger partial charge in [-0.2, -0.15) is 0 Å². The molecule has 0 aromatic heterocycles. The van der Waals surface area contributed by atoms with Crippen molar-refractivity contribution >= 4 is 23.4 Å². The lowest BCUT2D eigenvalue weighted by molar-refractivity contribution is -0.119. The second kappa shape index (κ2) is 8.21. The summed E-state index contributed by atoms with van der Waals surface area (Å²) in [4.78, 5) is 23.4. The highest BCUT2D eigenvalue weighted by Crippen LogP contribution is 2.36. The Balaban J connectivity index is 3.11. The number of hydrogen-bond acceptors (Lipinski definition) is 5. The van der Waals surface area contributed by atoms with Crippen molar-refractivity contribution in [3.05, 3.63) is 22.7 Å². The summed E-state index contributed by atoms with van der Waals surface area (Å²) in [6.45, 7) is 5.77. The number of nitrogens with one attached hydrogen (secondary N) is 1.